The molecule has 0 radical (unpaired) electrons. The van der Waals surface area contributed by atoms with E-state index in [1.54, 1.807) is 48.5 Å². The van der Waals surface area contributed by atoms with E-state index in [1.165, 1.54) is 7.11 Å². The minimum absolute atomic E-state index is 0.252. The summed E-state index contributed by atoms with van der Waals surface area (Å²) in [6, 6.07) is 10.1. The summed E-state index contributed by atoms with van der Waals surface area (Å²) in [5.41, 5.74) is 0.512. The zero-order valence-electron chi connectivity index (χ0n) is 14.5. The van der Waals surface area contributed by atoms with Gasteiger partial charge in [-0.05, 0) is 30.3 Å². The third-order valence-electron chi connectivity index (χ3n) is 3.82. The van der Waals surface area contributed by atoms with Gasteiger partial charge in [-0.15, -0.1) is 0 Å². The molecule has 136 valence electrons. The number of para-hydroxylation sites is 1. The molecule has 3 rings (SSSR count). The summed E-state index contributed by atoms with van der Waals surface area (Å²) in [6.45, 7) is 0.299. The quantitative estimate of drug-likeness (QED) is 0.679. The highest BCUT2D eigenvalue weighted by molar-refractivity contribution is 5.91. The molecule has 2 N–H and O–H groups in total. The number of benzene rings is 1. The van der Waals surface area contributed by atoms with Crippen LogP contribution in [0.4, 0.5) is 10.5 Å². The molecular weight excluding hydrogens is 336 g/mol. The number of hydrogen-bond acceptors (Lipinski definition) is 5. The van der Waals surface area contributed by atoms with Crippen LogP contribution in [0.5, 0.6) is 11.5 Å². The van der Waals surface area contributed by atoms with Crippen molar-refractivity contribution in [1.29, 1.82) is 0 Å². The van der Waals surface area contributed by atoms with Crippen molar-refractivity contribution in [2.45, 2.75) is 6.04 Å². The van der Waals surface area contributed by atoms with Gasteiger partial charge in [-0.25, -0.2) is 4.79 Å². The Labute approximate surface area is 150 Å². The van der Waals surface area contributed by atoms with Crippen LogP contribution in [0.2, 0.25) is 0 Å². The molecule has 2 aromatic heterocycles. The number of aromatic nitrogens is 2. The lowest BCUT2D eigenvalue weighted by molar-refractivity contribution is 0.249. The van der Waals surface area contributed by atoms with E-state index < -0.39 is 0 Å². The molecule has 2 heterocycles. The van der Waals surface area contributed by atoms with Crippen molar-refractivity contribution in [3.8, 4) is 11.5 Å². The van der Waals surface area contributed by atoms with Crippen molar-refractivity contribution in [3.63, 3.8) is 0 Å². The Bertz CT molecular complexity index is 797. The highest BCUT2D eigenvalue weighted by Crippen LogP contribution is 2.34. The van der Waals surface area contributed by atoms with Crippen LogP contribution in [0.15, 0.2) is 59.5 Å². The Hall–Kier alpha value is -3.42. The molecule has 0 aliphatic rings. The third-order valence-corrected chi connectivity index (χ3v) is 3.82. The second-order valence-corrected chi connectivity index (χ2v) is 5.39. The molecule has 0 saturated heterocycles. The van der Waals surface area contributed by atoms with E-state index >= 15 is 0 Å². The zero-order valence-corrected chi connectivity index (χ0v) is 14.5. The number of methoxy groups -OCH3 is 2. The number of anilines is 1. The molecule has 0 fully saturated rings. The maximum absolute atomic E-state index is 12.3. The van der Waals surface area contributed by atoms with E-state index in [2.05, 4.69) is 15.7 Å². The first kappa shape index (κ1) is 17.4. The summed E-state index contributed by atoms with van der Waals surface area (Å²) in [4.78, 5) is 12.3. The number of nitrogens with one attached hydrogen (secondary N) is 2. The van der Waals surface area contributed by atoms with Crippen LogP contribution in [0, 0.1) is 0 Å². The van der Waals surface area contributed by atoms with E-state index in [9.17, 15) is 4.79 Å². The SMILES string of the molecule is COc1cccc(NC(=O)NCC(c2ccco2)n2cccn2)c1OC. The minimum atomic E-state index is -0.375. The van der Waals surface area contributed by atoms with Gasteiger partial charge in [-0.3, -0.25) is 4.68 Å². The number of furan rings is 1. The van der Waals surface area contributed by atoms with Crippen LogP contribution in [-0.4, -0.2) is 36.6 Å². The smallest absolute Gasteiger partial charge is 0.319 e. The molecule has 1 unspecified atom stereocenters. The Balaban J connectivity index is 1.68. The third kappa shape index (κ3) is 3.80. The Morgan fingerprint density at radius 2 is 2.12 bits per heavy atom. The molecule has 0 aliphatic carbocycles. The summed E-state index contributed by atoms with van der Waals surface area (Å²) in [7, 11) is 3.06. The number of carbonyl (C=O) groups is 1. The van der Waals surface area contributed by atoms with Gasteiger partial charge in [0.2, 0.25) is 0 Å². The average Bonchev–Trinajstić information content (AvgIpc) is 3.36. The molecule has 0 bridgehead atoms. The predicted molar refractivity (Wildman–Crippen MR) is 95.6 cm³/mol. The molecule has 1 atom stereocenters. The number of hydrogen-bond donors (Lipinski definition) is 2. The molecule has 0 spiro atoms. The standard InChI is InChI=1S/C18H20N4O4/c1-24-16-7-3-6-13(17(16)25-2)21-18(23)19-12-14(15-8-4-11-26-15)22-10-5-9-20-22/h3-11,14H,12H2,1-2H3,(H2,19,21,23). The first-order valence-corrected chi connectivity index (χ1v) is 8.01. The van der Waals surface area contributed by atoms with Crippen LogP contribution >= 0.6 is 0 Å². The van der Waals surface area contributed by atoms with Crippen molar-refractivity contribution in [2.75, 3.05) is 26.1 Å². The van der Waals surface area contributed by atoms with Gasteiger partial charge in [0.1, 0.15) is 11.8 Å². The van der Waals surface area contributed by atoms with Crippen LogP contribution < -0.4 is 20.1 Å². The Morgan fingerprint density at radius 1 is 1.23 bits per heavy atom. The second kappa shape index (κ2) is 8.11. The lowest BCUT2D eigenvalue weighted by Crippen LogP contribution is -2.34. The van der Waals surface area contributed by atoms with Crippen molar-refractivity contribution in [1.82, 2.24) is 15.1 Å². The molecule has 0 saturated carbocycles. The Kier molecular flexibility index (Phi) is 5.43. The first-order valence-electron chi connectivity index (χ1n) is 8.01. The molecule has 3 aromatic rings. The fourth-order valence-corrected chi connectivity index (χ4v) is 2.61. The number of amides is 2. The molecule has 26 heavy (non-hydrogen) atoms. The van der Waals surface area contributed by atoms with Gasteiger partial charge >= 0.3 is 6.03 Å². The number of ether oxygens (including phenoxy) is 2. The van der Waals surface area contributed by atoms with E-state index in [-0.39, 0.29) is 12.1 Å². The van der Waals surface area contributed by atoms with Gasteiger partial charge in [0.25, 0.3) is 0 Å². The summed E-state index contributed by atoms with van der Waals surface area (Å²) in [5, 5.41) is 9.83. The topological polar surface area (TPSA) is 90.6 Å². The zero-order chi connectivity index (χ0) is 18.4. The van der Waals surface area contributed by atoms with Crippen molar-refractivity contribution in [3.05, 3.63) is 60.8 Å². The van der Waals surface area contributed by atoms with Gasteiger partial charge in [-0.1, -0.05) is 6.07 Å². The van der Waals surface area contributed by atoms with Crippen LogP contribution in [-0.2, 0) is 0 Å². The normalized spacial score (nSPS) is 11.6. The summed E-state index contributed by atoms with van der Waals surface area (Å²) in [6.07, 6.45) is 5.09. The van der Waals surface area contributed by atoms with Gasteiger partial charge in [0.15, 0.2) is 11.5 Å². The van der Waals surface area contributed by atoms with Gasteiger partial charge in [0, 0.05) is 18.9 Å². The van der Waals surface area contributed by atoms with E-state index in [1.807, 2.05) is 18.3 Å². The number of carbonyl (C=O) groups excluding carboxylic acids is 1. The van der Waals surface area contributed by atoms with Gasteiger partial charge in [0.05, 0.1) is 26.2 Å². The van der Waals surface area contributed by atoms with Crippen molar-refractivity contribution in [2.24, 2.45) is 0 Å². The van der Waals surface area contributed by atoms with E-state index in [0.29, 0.717) is 29.5 Å². The van der Waals surface area contributed by atoms with Crippen LogP contribution in [0.3, 0.4) is 0 Å². The minimum Gasteiger partial charge on any atom is -0.493 e. The van der Waals surface area contributed by atoms with E-state index in [0.717, 1.165) is 0 Å². The lowest BCUT2D eigenvalue weighted by atomic mass is 10.2. The molecule has 8 heteroatoms. The average molecular weight is 356 g/mol. The van der Waals surface area contributed by atoms with Crippen LogP contribution in [0.1, 0.15) is 11.8 Å². The maximum Gasteiger partial charge on any atom is 0.319 e. The van der Waals surface area contributed by atoms with Gasteiger partial charge in [-0.2, -0.15) is 5.10 Å². The predicted octanol–water partition coefficient (Wildman–Crippen LogP) is 2.90. The van der Waals surface area contributed by atoms with Crippen LogP contribution in [0.25, 0.3) is 0 Å². The fraction of sp³-hybridized carbons (Fsp3) is 0.222. The molecule has 1 aromatic carbocycles. The fourth-order valence-electron chi connectivity index (χ4n) is 2.61. The maximum atomic E-state index is 12.3. The summed E-state index contributed by atoms with van der Waals surface area (Å²) >= 11 is 0. The van der Waals surface area contributed by atoms with E-state index in [4.69, 9.17) is 13.9 Å². The number of urea groups is 1. The monoisotopic (exact) mass is 356 g/mol. The highest BCUT2D eigenvalue weighted by atomic mass is 16.5. The number of nitrogens with zero attached hydrogens (tertiary/aromatic N) is 2. The van der Waals surface area contributed by atoms with Crippen molar-refractivity contribution < 1.29 is 18.7 Å². The molecule has 8 nitrogen and oxygen atoms in total. The number of rotatable bonds is 7. The molecule has 0 aliphatic heterocycles. The molecular formula is C18H20N4O4. The lowest BCUT2D eigenvalue weighted by Gasteiger charge is -2.17. The second-order valence-electron chi connectivity index (χ2n) is 5.39. The first-order chi connectivity index (χ1) is 12.7. The highest BCUT2D eigenvalue weighted by Gasteiger charge is 2.19. The summed E-state index contributed by atoms with van der Waals surface area (Å²) in [5.74, 6) is 1.70. The Morgan fingerprint density at radius 3 is 2.77 bits per heavy atom. The molecule has 2 amide bonds. The van der Waals surface area contributed by atoms with Gasteiger partial charge < -0.3 is 24.5 Å². The summed E-state index contributed by atoms with van der Waals surface area (Å²) < 4.78 is 17.7. The largest absolute Gasteiger partial charge is 0.493 e. The van der Waals surface area contributed by atoms with Crippen molar-refractivity contribution >= 4 is 11.7 Å².